The number of nitrogens with zero attached hydrogens (tertiary/aromatic N) is 4. The van der Waals surface area contributed by atoms with Crippen molar-refractivity contribution in [2.75, 3.05) is 18.1 Å². The van der Waals surface area contributed by atoms with E-state index in [0.29, 0.717) is 12.6 Å². The minimum atomic E-state index is -0.632. The number of tetrazole rings is 1. The third kappa shape index (κ3) is 2.65. The lowest BCUT2D eigenvalue weighted by molar-refractivity contribution is 0.395. The Bertz CT molecular complexity index is 357. The molecule has 7 heteroatoms. The Morgan fingerprint density at radius 1 is 1.50 bits per heavy atom. The quantitative estimate of drug-likeness (QED) is 0.797. The molecule has 0 amide bonds. The minimum absolute atomic E-state index is 0.321. The van der Waals surface area contributed by atoms with Crippen LogP contribution < -0.4 is 5.32 Å². The maximum Gasteiger partial charge on any atom is 0.165 e. The van der Waals surface area contributed by atoms with Crippen molar-refractivity contribution in [2.24, 2.45) is 0 Å². The monoisotopic (exact) mass is 243 g/mol. The van der Waals surface area contributed by atoms with E-state index in [1.807, 2.05) is 4.68 Å². The third-order valence-corrected chi connectivity index (χ3v) is 4.18. The summed E-state index contributed by atoms with van der Waals surface area (Å²) in [5.74, 6) is 2.41. The van der Waals surface area contributed by atoms with Gasteiger partial charge in [-0.05, 0) is 29.8 Å². The van der Waals surface area contributed by atoms with Gasteiger partial charge in [-0.3, -0.25) is 4.21 Å². The van der Waals surface area contributed by atoms with E-state index in [1.165, 1.54) is 0 Å². The average Bonchev–Trinajstić information content (AvgIpc) is 2.75. The Kier molecular flexibility index (Phi) is 4.00. The van der Waals surface area contributed by atoms with Crippen LogP contribution in [0.15, 0.2) is 0 Å². The first kappa shape index (κ1) is 11.7. The lowest BCUT2D eigenvalue weighted by Crippen LogP contribution is -2.25. The van der Waals surface area contributed by atoms with Crippen molar-refractivity contribution in [3.05, 3.63) is 5.82 Å². The molecule has 1 N–H and O–H groups in total. The zero-order valence-electron chi connectivity index (χ0n) is 9.43. The van der Waals surface area contributed by atoms with E-state index in [4.69, 9.17) is 0 Å². The minimum Gasteiger partial charge on any atom is -0.310 e. The molecular weight excluding hydrogens is 226 g/mol. The summed E-state index contributed by atoms with van der Waals surface area (Å²) in [4.78, 5) is 0. The smallest absolute Gasteiger partial charge is 0.165 e. The van der Waals surface area contributed by atoms with Gasteiger partial charge in [-0.2, -0.15) is 0 Å². The molecule has 1 aliphatic rings. The summed E-state index contributed by atoms with van der Waals surface area (Å²) in [5.41, 5.74) is 0. The van der Waals surface area contributed by atoms with Crippen molar-refractivity contribution in [1.29, 1.82) is 0 Å². The highest BCUT2D eigenvalue weighted by molar-refractivity contribution is 7.85. The molecule has 0 unspecified atom stereocenters. The Morgan fingerprint density at radius 2 is 2.25 bits per heavy atom. The largest absolute Gasteiger partial charge is 0.310 e. The van der Waals surface area contributed by atoms with Crippen LogP contribution in [-0.4, -0.2) is 42.5 Å². The molecule has 1 aromatic heterocycles. The van der Waals surface area contributed by atoms with Gasteiger partial charge in [0.1, 0.15) is 0 Å². The average molecular weight is 243 g/mol. The second-order valence-electron chi connectivity index (χ2n) is 3.90. The summed E-state index contributed by atoms with van der Waals surface area (Å²) in [6.45, 7) is 3.66. The van der Waals surface area contributed by atoms with Crippen LogP contribution in [0.25, 0.3) is 0 Å². The zero-order chi connectivity index (χ0) is 11.4. The molecule has 2 rings (SSSR count). The topological polar surface area (TPSA) is 72.7 Å². The molecular formula is C9H17N5OS. The molecule has 1 aliphatic heterocycles. The third-order valence-electron chi connectivity index (χ3n) is 2.80. The van der Waals surface area contributed by atoms with Gasteiger partial charge in [-0.25, -0.2) is 4.68 Å². The van der Waals surface area contributed by atoms with Crippen LogP contribution in [0.5, 0.6) is 0 Å². The summed E-state index contributed by atoms with van der Waals surface area (Å²) in [6.07, 6.45) is 1.83. The zero-order valence-corrected chi connectivity index (χ0v) is 10.2. The van der Waals surface area contributed by atoms with Gasteiger partial charge >= 0.3 is 0 Å². The number of nitrogens with one attached hydrogen (secondary N) is 1. The molecule has 0 spiro atoms. The highest BCUT2D eigenvalue weighted by Gasteiger charge is 2.22. The first-order valence-corrected chi connectivity index (χ1v) is 7.12. The van der Waals surface area contributed by atoms with E-state index in [-0.39, 0.29) is 0 Å². The van der Waals surface area contributed by atoms with E-state index in [0.717, 1.165) is 36.7 Å². The highest BCUT2D eigenvalue weighted by atomic mass is 32.2. The second-order valence-corrected chi connectivity index (χ2v) is 5.60. The van der Waals surface area contributed by atoms with Crippen molar-refractivity contribution in [3.8, 4) is 0 Å². The number of rotatable bonds is 4. The standard InChI is InChI=1S/C9H17N5OS/c1-2-10-7-9-11-12-13-14(9)8-3-5-16(15)6-4-8/h8,10H,2-7H2,1H3. The second kappa shape index (κ2) is 5.49. The maximum atomic E-state index is 11.3. The lowest BCUT2D eigenvalue weighted by atomic mass is 10.1. The molecule has 90 valence electrons. The van der Waals surface area contributed by atoms with Crippen LogP contribution >= 0.6 is 0 Å². The van der Waals surface area contributed by atoms with Gasteiger partial charge < -0.3 is 5.32 Å². The predicted molar refractivity (Wildman–Crippen MR) is 61.3 cm³/mol. The Hall–Kier alpha value is -0.820. The molecule has 16 heavy (non-hydrogen) atoms. The fraction of sp³-hybridized carbons (Fsp3) is 0.889. The van der Waals surface area contributed by atoms with Crippen molar-refractivity contribution in [2.45, 2.75) is 32.4 Å². The van der Waals surface area contributed by atoms with E-state index in [9.17, 15) is 4.21 Å². The molecule has 1 aromatic rings. The Labute approximate surface area is 97.3 Å². The molecule has 0 saturated carbocycles. The molecule has 2 heterocycles. The van der Waals surface area contributed by atoms with Crippen LogP contribution in [0, 0.1) is 0 Å². The SMILES string of the molecule is CCNCc1nnnn1C1CCS(=O)CC1. The molecule has 0 bridgehead atoms. The van der Waals surface area contributed by atoms with Gasteiger partial charge in [-0.1, -0.05) is 6.92 Å². The van der Waals surface area contributed by atoms with Crippen LogP contribution in [0.1, 0.15) is 31.6 Å². The van der Waals surface area contributed by atoms with Gasteiger partial charge in [0.2, 0.25) is 0 Å². The molecule has 0 aromatic carbocycles. The van der Waals surface area contributed by atoms with Gasteiger partial charge in [0.15, 0.2) is 5.82 Å². The van der Waals surface area contributed by atoms with Crippen molar-refractivity contribution in [3.63, 3.8) is 0 Å². The van der Waals surface area contributed by atoms with E-state index < -0.39 is 10.8 Å². The highest BCUT2D eigenvalue weighted by Crippen LogP contribution is 2.21. The molecule has 0 aliphatic carbocycles. The summed E-state index contributed by atoms with van der Waals surface area (Å²) >= 11 is 0. The fourth-order valence-electron chi connectivity index (χ4n) is 1.88. The van der Waals surface area contributed by atoms with Crippen molar-refractivity contribution >= 4 is 10.8 Å². The molecule has 6 nitrogen and oxygen atoms in total. The summed E-state index contributed by atoms with van der Waals surface area (Å²) in [7, 11) is -0.632. The van der Waals surface area contributed by atoms with Gasteiger partial charge in [0.25, 0.3) is 0 Å². The Morgan fingerprint density at radius 3 is 2.94 bits per heavy atom. The van der Waals surface area contributed by atoms with E-state index in [1.54, 1.807) is 0 Å². The van der Waals surface area contributed by atoms with Crippen LogP contribution in [0.4, 0.5) is 0 Å². The first-order chi connectivity index (χ1) is 7.81. The van der Waals surface area contributed by atoms with Gasteiger partial charge in [-0.15, -0.1) is 5.10 Å². The number of hydrogen-bond donors (Lipinski definition) is 1. The van der Waals surface area contributed by atoms with Crippen LogP contribution in [0.3, 0.4) is 0 Å². The van der Waals surface area contributed by atoms with E-state index >= 15 is 0 Å². The van der Waals surface area contributed by atoms with Crippen LogP contribution in [-0.2, 0) is 17.3 Å². The number of aromatic nitrogens is 4. The van der Waals surface area contributed by atoms with E-state index in [2.05, 4.69) is 27.8 Å². The summed E-state index contributed by atoms with van der Waals surface area (Å²) in [6, 6.07) is 0.321. The molecule has 0 atom stereocenters. The van der Waals surface area contributed by atoms with Crippen LogP contribution in [0.2, 0.25) is 0 Å². The number of hydrogen-bond acceptors (Lipinski definition) is 5. The summed E-state index contributed by atoms with van der Waals surface area (Å²) in [5, 5.41) is 15.0. The predicted octanol–water partition coefficient (Wildman–Crippen LogP) is -0.134. The maximum absolute atomic E-state index is 11.3. The summed E-state index contributed by atoms with van der Waals surface area (Å²) < 4.78 is 13.2. The van der Waals surface area contributed by atoms with Gasteiger partial charge in [0.05, 0.1) is 12.6 Å². The van der Waals surface area contributed by atoms with Crippen molar-refractivity contribution in [1.82, 2.24) is 25.5 Å². The fourth-order valence-corrected chi connectivity index (χ4v) is 3.15. The Balaban J connectivity index is 2.02. The molecule has 1 fully saturated rings. The first-order valence-electron chi connectivity index (χ1n) is 5.63. The normalized spacial score (nSPS) is 25.8. The lowest BCUT2D eigenvalue weighted by Gasteiger charge is -2.22. The molecule has 0 radical (unpaired) electrons. The van der Waals surface area contributed by atoms with Crippen molar-refractivity contribution < 1.29 is 4.21 Å². The molecule has 1 saturated heterocycles. The van der Waals surface area contributed by atoms with Gasteiger partial charge in [0, 0.05) is 22.3 Å².